The summed E-state index contributed by atoms with van der Waals surface area (Å²) in [6, 6.07) is 23.8. The van der Waals surface area contributed by atoms with E-state index in [0.717, 1.165) is 33.4 Å². The van der Waals surface area contributed by atoms with Crippen molar-refractivity contribution >= 4 is 63.5 Å². The van der Waals surface area contributed by atoms with Gasteiger partial charge in [-0.15, -0.1) is 0 Å². The van der Waals surface area contributed by atoms with Gasteiger partial charge in [0.1, 0.15) is 24.4 Å². The van der Waals surface area contributed by atoms with E-state index in [2.05, 4.69) is 103 Å². The molecule has 2 heterocycles. The van der Waals surface area contributed by atoms with E-state index in [0.29, 0.717) is 17.2 Å². The maximum atomic E-state index is 15.0. The summed E-state index contributed by atoms with van der Waals surface area (Å²) in [4.78, 5) is 71.9. The molecule has 0 fully saturated rings. The molecule has 0 radical (unpaired) electrons. The fraction of sp³-hybridized carbons (Fsp3) is 0.466. The minimum absolute atomic E-state index is 0.0897. The van der Waals surface area contributed by atoms with Crippen LogP contribution in [0, 0.1) is 5.92 Å². The number of carboxylic acid groups (broad SMARTS) is 1. The van der Waals surface area contributed by atoms with Gasteiger partial charge in [-0.1, -0.05) is 137 Å². The number of alkyl carbamates (subject to hydrolysis) is 1. The van der Waals surface area contributed by atoms with Gasteiger partial charge >= 0.3 is 12.2 Å². The van der Waals surface area contributed by atoms with Crippen molar-refractivity contribution in [1.82, 2.24) is 15.5 Å². The zero-order chi connectivity index (χ0) is 55.1. The van der Waals surface area contributed by atoms with Crippen molar-refractivity contribution < 1.29 is 47.4 Å². The van der Waals surface area contributed by atoms with Gasteiger partial charge in [0.15, 0.2) is 20.3 Å². The van der Waals surface area contributed by atoms with Gasteiger partial charge in [0.2, 0.25) is 11.8 Å². The molecule has 0 bridgehead atoms. The first kappa shape index (κ1) is 56.3. The predicted molar refractivity (Wildman–Crippen MR) is 299 cm³/mol. The van der Waals surface area contributed by atoms with Crippen LogP contribution in [0.1, 0.15) is 122 Å². The number of benzene rings is 4. The monoisotopic (exact) mass is 1060 g/mol. The standard InChI is InChI=1S/C58H77N5O10Si2/c1-33(2)51(61-56(67)71-32-46-43-22-18-16-20-41(43)42-21-17-19-23-44(42)46)53(65)59-37(9)52(64)60-40-26-24-38(25-27-40)39-28-48-55(73-74(14,15)58(10,11)12)63(57(68)69)47-30-50(72-75(34(3)4,35(5)6)36(7)8)49(70-13)29-45(47)54(66)62(48)31-39/h16-27,29-31,33-37,46,48,51,55H,28,32H2,1-15H3,(H,59,65)(H,60,64)(H,61,67)(H,68,69)/t37-,48?,51-,55-/m0/s1. The summed E-state index contributed by atoms with van der Waals surface area (Å²) in [7, 11) is -3.77. The SMILES string of the molecule is COc1cc2c(cc1O[Si](C(C)C)(C(C)C)C(C)C)N(C(=O)O)[C@@H](O[Si](C)(C)C(C)(C)C)C1CC(c3ccc(NC(=O)[C@H](C)NC(=O)[C@@H](NC(=O)OCC4c5ccccc5-c5ccccc54)C(C)C)cc3)=CN1C2=O. The van der Waals surface area contributed by atoms with Crippen LogP contribution in [0.4, 0.5) is 21.0 Å². The van der Waals surface area contributed by atoms with Gasteiger partial charge in [0, 0.05) is 23.9 Å². The van der Waals surface area contributed by atoms with Gasteiger partial charge in [-0.2, -0.15) is 0 Å². The molecule has 4 N–H and O–H groups in total. The van der Waals surface area contributed by atoms with Crippen molar-refractivity contribution in [3.8, 4) is 22.6 Å². The van der Waals surface area contributed by atoms with Gasteiger partial charge in [-0.05, 0) is 106 Å². The highest BCUT2D eigenvalue weighted by molar-refractivity contribution is 6.78. The number of amides is 5. The summed E-state index contributed by atoms with van der Waals surface area (Å²) in [6.45, 7) is 28.7. The topological polar surface area (TPSA) is 185 Å². The summed E-state index contributed by atoms with van der Waals surface area (Å²) >= 11 is 0. The normalized spacial score (nSPS) is 17.4. The Labute approximate surface area is 445 Å². The molecular weight excluding hydrogens is 983 g/mol. The van der Waals surface area contributed by atoms with E-state index in [-0.39, 0.29) is 57.8 Å². The molecule has 0 aromatic heterocycles. The van der Waals surface area contributed by atoms with Crippen LogP contribution in [0.25, 0.3) is 16.7 Å². The second-order valence-electron chi connectivity index (χ2n) is 23.0. The van der Waals surface area contributed by atoms with E-state index >= 15 is 0 Å². The van der Waals surface area contributed by atoms with Gasteiger partial charge in [-0.25, -0.2) is 14.5 Å². The molecule has 0 spiro atoms. The fourth-order valence-electron chi connectivity index (χ4n) is 10.9. The van der Waals surface area contributed by atoms with Crippen LogP contribution in [0.3, 0.4) is 0 Å². The van der Waals surface area contributed by atoms with Crippen molar-refractivity contribution in [2.24, 2.45) is 5.92 Å². The Morgan fingerprint density at radius 3 is 1.85 bits per heavy atom. The van der Waals surface area contributed by atoms with Crippen LogP contribution < -0.4 is 30.0 Å². The first-order valence-corrected chi connectivity index (χ1v) is 31.2. The lowest BCUT2D eigenvalue weighted by molar-refractivity contribution is -0.128. The van der Waals surface area contributed by atoms with Gasteiger partial charge < -0.3 is 44.3 Å². The van der Waals surface area contributed by atoms with E-state index in [1.807, 2.05) is 48.5 Å². The molecule has 1 aliphatic carbocycles. The summed E-state index contributed by atoms with van der Waals surface area (Å²) in [5, 5.41) is 19.3. The Morgan fingerprint density at radius 2 is 1.33 bits per heavy atom. The number of fused-ring (bicyclic) bond motifs is 5. The number of methoxy groups -OCH3 is 1. The molecule has 1 unspecified atom stereocenters. The van der Waals surface area contributed by atoms with Crippen LogP contribution in [0.2, 0.25) is 34.8 Å². The van der Waals surface area contributed by atoms with E-state index in [4.69, 9.17) is 18.3 Å². The third kappa shape index (κ3) is 11.1. The van der Waals surface area contributed by atoms with Crippen LogP contribution in [0.15, 0.2) is 91.1 Å². The molecule has 0 saturated heterocycles. The molecule has 4 aromatic carbocycles. The molecule has 4 aromatic rings. The summed E-state index contributed by atoms with van der Waals surface area (Å²) in [6.07, 6.45) is -1.06. The second-order valence-corrected chi connectivity index (χ2v) is 33.1. The van der Waals surface area contributed by atoms with Crippen LogP contribution in [-0.2, 0) is 18.8 Å². The van der Waals surface area contributed by atoms with Crippen molar-refractivity contribution in [2.75, 3.05) is 23.9 Å². The zero-order valence-electron chi connectivity index (χ0n) is 46.3. The minimum atomic E-state index is -2.72. The lowest BCUT2D eigenvalue weighted by Gasteiger charge is -2.44. The van der Waals surface area contributed by atoms with Crippen LogP contribution in [-0.4, -0.2) is 94.6 Å². The highest BCUT2D eigenvalue weighted by Crippen LogP contribution is 2.50. The molecule has 3 aliphatic rings. The Morgan fingerprint density at radius 1 is 0.760 bits per heavy atom. The van der Waals surface area contributed by atoms with Crippen LogP contribution in [0.5, 0.6) is 11.5 Å². The Balaban J connectivity index is 1.08. The molecule has 17 heteroatoms. The van der Waals surface area contributed by atoms with Crippen molar-refractivity contribution in [3.05, 3.63) is 113 Å². The lowest BCUT2D eigenvalue weighted by atomic mass is 9.98. The highest BCUT2D eigenvalue weighted by atomic mass is 28.4. The first-order chi connectivity index (χ1) is 35.2. The van der Waals surface area contributed by atoms with Crippen LogP contribution >= 0.6 is 0 Å². The van der Waals surface area contributed by atoms with Gasteiger partial charge in [0.25, 0.3) is 14.2 Å². The number of nitrogens with zero attached hydrogens (tertiary/aromatic N) is 2. The summed E-state index contributed by atoms with van der Waals surface area (Å²) in [5.74, 6) is -1.16. The van der Waals surface area contributed by atoms with Gasteiger partial charge in [-0.3, -0.25) is 14.4 Å². The van der Waals surface area contributed by atoms with Crippen molar-refractivity contribution in [1.29, 1.82) is 0 Å². The maximum Gasteiger partial charge on any atom is 0.414 e. The molecule has 2 aliphatic heterocycles. The van der Waals surface area contributed by atoms with E-state index in [9.17, 15) is 29.1 Å². The summed E-state index contributed by atoms with van der Waals surface area (Å²) in [5.41, 5.74) is 7.27. The maximum absolute atomic E-state index is 15.0. The Hall–Kier alpha value is -6.44. The largest absolute Gasteiger partial charge is 0.540 e. The number of anilines is 2. The van der Waals surface area contributed by atoms with Gasteiger partial charge in [0.05, 0.1) is 24.4 Å². The number of rotatable bonds is 17. The average molecular weight is 1060 g/mol. The van der Waals surface area contributed by atoms with E-state index in [1.54, 1.807) is 56.1 Å². The first-order valence-electron chi connectivity index (χ1n) is 26.2. The third-order valence-electron chi connectivity index (χ3n) is 15.9. The molecule has 4 atom stereocenters. The average Bonchev–Trinajstić information content (AvgIpc) is 3.91. The highest BCUT2D eigenvalue weighted by Gasteiger charge is 2.52. The van der Waals surface area contributed by atoms with Crippen molar-refractivity contribution in [2.45, 2.75) is 155 Å². The summed E-state index contributed by atoms with van der Waals surface area (Å²) < 4.78 is 25.9. The number of carbonyl (C=O) groups is 5. The Kier molecular flexibility index (Phi) is 16.5. The number of ether oxygens (including phenoxy) is 2. The number of nitrogens with one attached hydrogen (secondary N) is 3. The zero-order valence-corrected chi connectivity index (χ0v) is 48.3. The third-order valence-corrected chi connectivity index (χ3v) is 26.4. The lowest BCUT2D eigenvalue weighted by Crippen LogP contribution is -2.57. The second kappa shape index (κ2) is 22.0. The minimum Gasteiger partial charge on any atom is -0.540 e. The predicted octanol–water partition coefficient (Wildman–Crippen LogP) is 12.4. The molecule has 5 amide bonds. The van der Waals surface area contributed by atoms with E-state index < -0.39 is 70.9 Å². The molecule has 75 heavy (non-hydrogen) atoms. The molecule has 7 rings (SSSR count). The molecule has 0 saturated carbocycles. The number of carbonyl (C=O) groups excluding carboxylic acids is 4. The quantitative estimate of drug-likeness (QED) is 0.0742. The smallest absolute Gasteiger partial charge is 0.414 e. The van der Waals surface area contributed by atoms with Crippen molar-refractivity contribution in [3.63, 3.8) is 0 Å². The molecule has 402 valence electrons. The number of hydrogen-bond acceptors (Lipinski definition) is 9. The fourth-order valence-corrected chi connectivity index (χ4v) is 17.4. The Bertz CT molecular complexity index is 2770. The molecule has 15 nitrogen and oxygen atoms in total. The van der Waals surface area contributed by atoms with E-state index in [1.165, 1.54) is 12.0 Å². The molecular formula is C58H77N5O10Si2. The number of hydrogen-bond donors (Lipinski definition) is 4.